The fraction of sp³-hybridized carbons (Fsp3) is 0.706. The minimum Gasteiger partial charge on any atom is -0.263 e. The second kappa shape index (κ2) is 10.8. The van der Waals surface area contributed by atoms with Crippen LogP contribution in [0.3, 0.4) is 0 Å². The zero-order valence-electron chi connectivity index (χ0n) is 13.3. The monoisotopic (exact) mass is 311 g/mol. The maximum absolute atomic E-state index is 12.0. The largest absolute Gasteiger partial charge is 0.263 e. The molecule has 0 aliphatic carbocycles. The van der Waals surface area contributed by atoms with Gasteiger partial charge in [-0.25, -0.2) is 8.42 Å². The Labute approximate surface area is 130 Å². The highest BCUT2D eigenvalue weighted by Gasteiger charge is 2.13. The van der Waals surface area contributed by atoms with Gasteiger partial charge in [0.05, 0.1) is 10.6 Å². The Kier molecular flexibility index (Phi) is 9.31. The molecular formula is C17H29NO2S. The Morgan fingerprint density at radius 3 is 2.00 bits per heavy atom. The number of pyridine rings is 1. The second-order valence-corrected chi connectivity index (χ2v) is 7.80. The van der Waals surface area contributed by atoms with Crippen molar-refractivity contribution in [1.29, 1.82) is 0 Å². The van der Waals surface area contributed by atoms with Crippen molar-refractivity contribution in [3.8, 4) is 0 Å². The molecule has 0 atom stereocenters. The lowest BCUT2D eigenvalue weighted by atomic mass is 10.1. The van der Waals surface area contributed by atoms with Crippen LogP contribution in [-0.2, 0) is 9.84 Å². The Morgan fingerprint density at radius 1 is 0.905 bits per heavy atom. The molecule has 0 radical (unpaired) electrons. The first-order valence-electron chi connectivity index (χ1n) is 8.29. The number of aromatic nitrogens is 1. The molecule has 0 unspecified atom stereocenters. The maximum atomic E-state index is 12.0. The molecule has 0 fully saturated rings. The lowest BCUT2D eigenvalue weighted by Crippen LogP contribution is -2.07. The average molecular weight is 311 g/mol. The molecule has 1 rings (SSSR count). The Hall–Kier alpha value is -0.900. The van der Waals surface area contributed by atoms with Crippen molar-refractivity contribution in [2.24, 2.45) is 0 Å². The highest BCUT2D eigenvalue weighted by atomic mass is 32.2. The molecule has 1 aromatic rings. The summed E-state index contributed by atoms with van der Waals surface area (Å²) < 4.78 is 24.1. The third kappa shape index (κ3) is 8.20. The minimum atomic E-state index is -3.13. The van der Waals surface area contributed by atoms with Crippen LogP contribution in [0.25, 0.3) is 0 Å². The van der Waals surface area contributed by atoms with Gasteiger partial charge in [0.15, 0.2) is 9.84 Å². The summed E-state index contributed by atoms with van der Waals surface area (Å²) in [5, 5.41) is 0. The highest BCUT2D eigenvalue weighted by molar-refractivity contribution is 7.91. The van der Waals surface area contributed by atoms with Crippen LogP contribution >= 0.6 is 0 Å². The van der Waals surface area contributed by atoms with Crippen molar-refractivity contribution in [3.63, 3.8) is 0 Å². The first-order valence-corrected chi connectivity index (χ1v) is 9.95. The minimum absolute atomic E-state index is 0.245. The number of sulfone groups is 1. The molecule has 0 bridgehead atoms. The van der Waals surface area contributed by atoms with Crippen LogP contribution in [0.4, 0.5) is 0 Å². The van der Waals surface area contributed by atoms with E-state index in [4.69, 9.17) is 0 Å². The van der Waals surface area contributed by atoms with Gasteiger partial charge in [0.2, 0.25) is 0 Å². The van der Waals surface area contributed by atoms with E-state index in [9.17, 15) is 8.42 Å². The smallest absolute Gasteiger partial charge is 0.179 e. The summed E-state index contributed by atoms with van der Waals surface area (Å²) in [5.74, 6) is 0.245. The quantitative estimate of drug-likeness (QED) is 0.522. The van der Waals surface area contributed by atoms with Crippen molar-refractivity contribution < 1.29 is 8.42 Å². The van der Waals surface area contributed by atoms with E-state index >= 15 is 0 Å². The SMILES string of the molecule is CCCCCCCCCCCCS(=O)(=O)c1cccnc1. The van der Waals surface area contributed by atoms with E-state index in [2.05, 4.69) is 11.9 Å². The summed E-state index contributed by atoms with van der Waals surface area (Å²) in [5.41, 5.74) is 0. The van der Waals surface area contributed by atoms with Gasteiger partial charge in [0.1, 0.15) is 0 Å². The normalized spacial score (nSPS) is 11.7. The average Bonchev–Trinajstić information content (AvgIpc) is 2.50. The lowest BCUT2D eigenvalue weighted by Gasteiger charge is -2.04. The van der Waals surface area contributed by atoms with E-state index in [0.717, 1.165) is 19.3 Å². The Morgan fingerprint density at radius 2 is 1.48 bits per heavy atom. The molecule has 3 nitrogen and oxygen atoms in total. The molecule has 0 aromatic carbocycles. The Balaban J connectivity index is 2.04. The van der Waals surface area contributed by atoms with Gasteiger partial charge in [0.25, 0.3) is 0 Å². The summed E-state index contributed by atoms with van der Waals surface area (Å²) >= 11 is 0. The van der Waals surface area contributed by atoms with E-state index in [1.165, 1.54) is 51.1 Å². The van der Waals surface area contributed by atoms with E-state index in [0.29, 0.717) is 4.90 Å². The van der Waals surface area contributed by atoms with Gasteiger partial charge in [-0.1, -0.05) is 64.7 Å². The van der Waals surface area contributed by atoms with Crippen LogP contribution in [0.5, 0.6) is 0 Å². The topological polar surface area (TPSA) is 47.0 Å². The van der Waals surface area contributed by atoms with Crippen LogP contribution in [0.15, 0.2) is 29.4 Å². The lowest BCUT2D eigenvalue weighted by molar-refractivity contribution is 0.558. The van der Waals surface area contributed by atoms with E-state index < -0.39 is 9.84 Å². The van der Waals surface area contributed by atoms with Crippen LogP contribution in [0.1, 0.15) is 71.1 Å². The fourth-order valence-electron chi connectivity index (χ4n) is 2.43. The van der Waals surface area contributed by atoms with Crippen molar-refractivity contribution >= 4 is 9.84 Å². The standard InChI is InChI=1S/C17H29NO2S/c1-2-3-4-5-6-7-8-9-10-11-15-21(19,20)17-13-12-14-18-16-17/h12-14,16H,2-11,15H2,1H3. The van der Waals surface area contributed by atoms with Gasteiger partial charge >= 0.3 is 0 Å². The van der Waals surface area contributed by atoms with Gasteiger partial charge in [0, 0.05) is 12.4 Å². The van der Waals surface area contributed by atoms with Gasteiger partial charge in [-0.05, 0) is 18.6 Å². The number of hydrogen-bond acceptors (Lipinski definition) is 3. The Bertz CT molecular complexity index is 457. The van der Waals surface area contributed by atoms with Crippen LogP contribution in [0, 0.1) is 0 Å². The molecule has 0 aliphatic heterocycles. The first kappa shape index (κ1) is 18.1. The molecule has 0 amide bonds. The summed E-state index contributed by atoms with van der Waals surface area (Å²) in [6.45, 7) is 2.24. The van der Waals surface area contributed by atoms with E-state index in [1.807, 2.05) is 0 Å². The summed E-state index contributed by atoms with van der Waals surface area (Å²) in [7, 11) is -3.13. The predicted molar refractivity (Wildman–Crippen MR) is 88.1 cm³/mol. The number of rotatable bonds is 12. The molecule has 21 heavy (non-hydrogen) atoms. The molecule has 0 saturated carbocycles. The van der Waals surface area contributed by atoms with Gasteiger partial charge in [-0.3, -0.25) is 4.98 Å². The second-order valence-electron chi connectivity index (χ2n) is 5.69. The highest BCUT2D eigenvalue weighted by Crippen LogP contribution is 2.14. The zero-order valence-corrected chi connectivity index (χ0v) is 14.1. The third-order valence-electron chi connectivity index (χ3n) is 3.76. The van der Waals surface area contributed by atoms with Crippen molar-refractivity contribution in [3.05, 3.63) is 24.5 Å². The maximum Gasteiger partial charge on any atom is 0.179 e. The molecule has 120 valence electrons. The molecular weight excluding hydrogens is 282 g/mol. The molecule has 1 aromatic heterocycles. The number of nitrogens with zero attached hydrogens (tertiary/aromatic N) is 1. The molecule has 0 saturated heterocycles. The van der Waals surface area contributed by atoms with Crippen LogP contribution in [0.2, 0.25) is 0 Å². The molecule has 4 heteroatoms. The van der Waals surface area contributed by atoms with Crippen molar-refractivity contribution in [2.75, 3.05) is 5.75 Å². The van der Waals surface area contributed by atoms with Crippen LogP contribution < -0.4 is 0 Å². The zero-order chi connectivity index (χ0) is 15.4. The number of hydrogen-bond donors (Lipinski definition) is 0. The molecule has 1 heterocycles. The van der Waals surface area contributed by atoms with Gasteiger partial charge < -0.3 is 0 Å². The van der Waals surface area contributed by atoms with Crippen LogP contribution in [-0.4, -0.2) is 19.2 Å². The van der Waals surface area contributed by atoms with E-state index in [1.54, 1.807) is 18.3 Å². The molecule has 0 spiro atoms. The van der Waals surface area contributed by atoms with E-state index in [-0.39, 0.29) is 5.75 Å². The molecule has 0 N–H and O–H groups in total. The molecule has 0 aliphatic rings. The summed E-state index contributed by atoms with van der Waals surface area (Å²) in [6, 6.07) is 3.30. The number of unbranched alkanes of at least 4 members (excludes halogenated alkanes) is 9. The van der Waals surface area contributed by atoms with Gasteiger partial charge in [-0.15, -0.1) is 0 Å². The summed E-state index contributed by atoms with van der Waals surface area (Å²) in [4.78, 5) is 4.22. The fourth-order valence-corrected chi connectivity index (χ4v) is 3.76. The van der Waals surface area contributed by atoms with Crippen molar-refractivity contribution in [2.45, 2.75) is 76.0 Å². The third-order valence-corrected chi connectivity index (χ3v) is 5.55. The van der Waals surface area contributed by atoms with Gasteiger partial charge in [-0.2, -0.15) is 0 Å². The van der Waals surface area contributed by atoms with Crippen molar-refractivity contribution in [1.82, 2.24) is 4.98 Å². The first-order chi connectivity index (χ1) is 10.2. The summed E-state index contributed by atoms with van der Waals surface area (Å²) in [6.07, 6.45) is 15.2. The predicted octanol–water partition coefficient (Wildman–Crippen LogP) is 4.78.